The number of sulfonamides is 1. The molecule has 1 fully saturated rings. The molecule has 0 aliphatic carbocycles. The van der Waals surface area contributed by atoms with E-state index in [1.807, 2.05) is 116 Å². The molecular weight excluding hydrogens is 611 g/mol. The number of urea groups is 1. The fourth-order valence-electron chi connectivity index (χ4n) is 5.54. The molecule has 0 aromatic heterocycles. The van der Waals surface area contributed by atoms with Crippen LogP contribution in [0.15, 0.2) is 114 Å². The van der Waals surface area contributed by atoms with Crippen molar-refractivity contribution in [2.45, 2.75) is 31.0 Å². The lowest BCUT2D eigenvalue weighted by atomic mass is 10.2. The fourth-order valence-corrected chi connectivity index (χ4v) is 6.96. The maximum absolute atomic E-state index is 14.0. The summed E-state index contributed by atoms with van der Waals surface area (Å²) in [5, 5.41) is 3.05. The van der Waals surface area contributed by atoms with Crippen LogP contribution in [0, 0.1) is 0 Å². The zero-order valence-corrected chi connectivity index (χ0v) is 28.1. The molecule has 0 bridgehead atoms. The third-order valence-corrected chi connectivity index (χ3v) is 10.1. The Morgan fingerprint density at radius 3 is 1.85 bits per heavy atom. The molecule has 4 aromatic carbocycles. The number of hydrogen-bond donors (Lipinski definition) is 1. The van der Waals surface area contributed by atoms with Gasteiger partial charge in [-0.15, -0.1) is 0 Å². The van der Waals surface area contributed by atoms with Crippen molar-refractivity contribution in [3.05, 3.63) is 126 Å². The Morgan fingerprint density at radius 2 is 1.30 bits per heavy atom. The average Bonchev–Trinajstić information content (AvgIpc) is 3.09. The topological polar surface area (TPSA) is 85.4 Å². The fraction of sp³-hybridized carbons (Fsp3) is 0.324. The quantitative estimate of drug-likeness (QED) is 0.182. The van der Waals surface area contributed by atoms with Gasteiger partial charge in [-0.2, -0.15) is 4.31 Å². The predicted molar refractivity (Wildman–Crippen MR) is 188 cm³/mol. The van der Waals surface area contributed by atoms with Gasteiger partial charge in [0.25, 0.3) is 0 Å². The first-order valence-corrected chi connectivity index (χ1v) is 17.5. The van der Waals surface area contributed by atoms with E-state index in [1.54, 1.807) is 17.0 Å². The standard InChI is InChI=1S/C37H45N5O4S/c1-39(2)35-18-16-34(17-19-35)38-37(43)41(23-9-22-40-24-26-46-27-25-40)28-33-14-20-36(21-15-33)47(44,45)42(29-31-10-5-3-6-11-31)30-32-12-7-4-8-13-32/h3-8,10-21H,9,22-30H2,1-2H3,(H,38,43). The molecule has 5 rings (SSSR count). The highest BCUT2D eigenvalue weighted by Crippen LogP contribution is 2.23. The second-order valence-corrected chi connectivity index (χ2v) is 13.9. The number of rotatable bonds is 14. The number of benzene rings is 4. The molecule has 248 valence electrons. The Bertz CT molecular complexity index is 1600. The van der Waals surface area contributed by atoms with Gasteiger partial charge >= 0.3 is 6.03 Å². The van der Waals surface area contributed by atoms with Gasteiger partial charge in [0.15, 0.2) is 0 Å². The van der Waals surface area contributed by atoms with Crippen LogP contribution < -0.4 is 10.2 Å². The zero-order valence-electron chi connectivity index (χ0n) is 27.3. The van der Waals surface area contributed by atoms with E-state index >= 15 is 0 Å². The first-order chi connectivity index (χ1) is 22.8. The van der Waals surface area contributed by atoms with E-state index in [4.69, 9.17) is 4.74 Å². The van der Waals surface area contributed by atoms with E-state index in [0.717, 1.165) is 67.3 Å². The number of nitrogens with one attached hydrogen (secondary N) is 1. The van der Waals surface area contributed by atoms with Gasteiger partial charge in [-0.3, -0.25) is 4.90 Å². The summed E-state index contributed by atoms with van der Waals surface area (Å²) in [6.07, 6.45) is 0.813. The minimum atomic E-state index is -3.81. The van der Waals surface area contributed by atoms with Crippen LogP contribution in [0.25, 0.3) is 0 Å². The molecule has 0 saturated carbocycles. The minimum Gasteiger partial charge on any atom is -0.379 e. The van der Waals surface area contributed by atoms with Crippen molar-refractivity contribution in [2.24, 2.45) is 0 Å². The van der Waals surface area contributed by atoms with Crippen LogP contribution >= 0.6 is 0 Å². The molecule has 10 heteroatoms. The third kappa shape index (κ3) is 9.89. The van der Waals surface area contributed by atoms with Gasteiger partial charge in [0.05, 0.1) is 18.1 Å². The summed E-state index contributed by atoms with van der Waals surface area (Å²) in [4.78, 5) is 19.9. The Labute approximate surface area is 279 Å². The summed E-state index contributed by atoms with van der Waals surface area (Å²) < 4.78 is 34.9. The van der Waals surface area contributed by atoms with Crippen molar-refractivity contribution in [3.8, 4) is 0 Å². The van der Waals surface area contributed by atoms with E-state index in [0.29, 0.717) is 13.1 Å². The summed E-state index contributed by atoms with van der Waals surface area (Å²) in [7, 11) is 0.138. The molecular formula is C37H45N5O4S. The monoisotopic (exact) mass is 655 g/mol. The number of morpholine rings is 1. The highest BCUT2D eigenvalue weighted by molar-refractivity contribution is 7.89. The predicted octanol–water partition coefficient (Wildman–Crippen LogP) is 5.90. The highest BCUT2D eigenvalue weighted by Gasteiger charge is 2.25. The maximum Gasteiger partial charge on any atom is 0.322 e. The Kier molecular flexibility index (Phi) is 12.0. The SMILES string of the molecule is CN(C)c1ccc(NC(=O)N(CCCN2CCOCC2)Cc2ccc(S(=O)(=O)N(Cc3ccccc3)Cc3ccccc3)cc2)cc1. The van der Waals surface area contributed by atoms with E-state index < -0.39 is 10.0 Å². The lowest BCUT2D eigenvalue weighted by Crippen LogP contribution is -2.40. The second-order valence-electron chi connectivity index (χ2n) is 12.0. The van der Waals surface area contributed by atoms with Gasteiger partial charge in [-0.1, -0.05) is 72.8 Å². The molecule has 0 unspecified atom stereocenters. The molecule has 1 aliphatic heterocycles. The maximum atomic E-state index is 14.0. The van der Waals surface area contributed by atoms with Crippen molar-refractivity contribution in [2.75, 3.05) is 63.7 Å². The summed E-state index contributed by atoms with van der Waals surface area (Å²) in [6, 6.07) is 33.7. The molecule has 1 aliphatic rings. The third-order valence-electron chi connectivity index (χ3n) is 8.27. The van der Waals surface area contributed by atoms with Crippen molar-refractivity contribution < 1.29 is 17.9 Å². The first-order valence-electron chi connectivity index (χ1n) is 16.1. The lowest BCUT2D eigenvalue weighted by molar-refractivity contribution is 0.0365. The van der Waals surface area contributed by atoms with Crippen LogP contribution in [0.5, 0.6) is 0 Å². The number of nitrogens with zero attached hydrogens (tertiary/aromatic N) is 4. The molecule has 1 heterocycles. The molecule has 9 nitrogen and oxygen atoms in total. The molecule has 1 saturated heterocycles. The Hall–Kier alpha value is -4.22. The number of carbonyl (C=O) groups excluding carboxylic acids is 1. The van der Waals surface area contributed by atoms with Gasteiger partial charge in [0.1, 0.15) is 0 Å². The number of amides is 2. The van der Waals surface area contributed by atoms with Crippen LogP contribution in [0.3, 0.4) is 0 Å². The van der Waals surface area contributed by atoms with Crippen molar-refractivity contribution >= 4 is 27.4 Å². The smallest absolute Gasteiger partial charge is 0.322 e. The van der Waals surface area contributed by atoms with Gasteiger partial charge < -0.3 is 19.9 Å². The van der Waals surface area contributed by atoms with Gasteiger partial charge in [-0.25, -0.2) is 13.2 Å². The number of hydrogen-bond acceptors (Lipinski definition) is 6. The van der Waals surface area contributed by atoms with Crippen LogP contribution in [-0.2, 0) is 34.4 Å². The van der Waals surface area contributed by atoms with E-state index in [-0.39, 0.29) is 24.0 Å². The normalized spacial score (nSPS) is 13.8. The number of anilines is 2. The van der Waals surface area contributed by atoms with E-state index in [1.165, 1.54) is 4.31 Å². The van der Waals surface area contributed by atoms with Crippen molar-refractivity contribution in [1.82, 2.24) is 14.1 Å². The summed E-state index contributed by atoms with van der Waals surface area (Å²) in [5.74, 6) is 0. The van der Waals surface area contributed by atoms with E-state index in [9.17, 15) is 13.2 Å². The number of ether oxygens (including phenoxy) is 1. The summed E-state index contributed by atoms with van der Waals surface area (Å²) in [5.41, 5.74) is 4.45. The highest BCUT2D eigenvalue weighted by atomic mass is 32.2. The van der Waals surface area contributed by atoms with Gasteiger partial charge in [0.2, 0.25) is 10.0 Å². The molecule has 4 aromatic rings. The first kappa shape index (κ1) is 34.1. The summed E-state index contributed by atoms with van der Waals surface area (Å²) in [6.45, 7) is 5.55. The van der Waals surface area contributed by atoms with Crippen LogP contribution in [0.1, 0.15) is 23.1 Å². The van der Waals surface area contributed by atoms with Crippen molar-refractivity contribution in [3.63, 3.8) is 0 Å². The zero-order chi connectivity index (χ0) is 33.1. The molecule has 0 radical (unpaired) electrons. The summed E-state index contributed by atoms with van der Waals surface area (Å²) >= 11 is 0. The van der Waals surface area contributed by atoms with Gasteiger partial charge in [-0.05, 0) is 59.5 Å². The molecule has 1 N–H and O–H groups in total. The second kappa shape index (κ2) is 16.6. The van der Waals surface area contributed by atoms with Crippen LogP contribution in [-0.4, -0.2) is 82.0 Å². The average molecular weight is 656 g/mol. The lowest BCUT2D eigenvalue weighted by Gasteiger charge is -2.28. The molecule has 2 amide bonds. The van der Waals surface area contributed by atoms with Crippen LogP contribution in [0.2, 0.25) is 0 Å². The van der Waals surface area contributed by atoms with Crippen LogP contribution in [0.4, 0.5) is 16.2 Å². The minimum absolute atomic E-state index is 0.196. The molecule has 0 spiro atoms. The largest absolute Gasteiger partial charge is 0.379 e. The Morgan fingerprint density at radius 1 is 0.745 bits per heavy atom. The Balaban J connectivity index is 1.31. The van der Waals surface area contributed by atoms with Crippen molar-refractivity contribution in [1.29, 1.82) is 0 Å². The number of carbonyl (C=O) groups is 1. The molecule has 47 heavy (non-hydrogen) atoms. The van der Waals surface area contributed by atoms with Gasteiger partial charge in [0, 0.05) is 71.3 Å². The van der Waals surface area contributed by atoms with E-state index in [2.05, 4.69) is 10.2 Å². The molecule has 0 atom stereocenters.